The molecule has 7 heteroatoms. The molecule has 0 unspecified atom stereocenters. The van der Waals surface area contributed by atoms with E-state index < -0.39 is 5.56 Å². The molecule has 0 radical (unpaired) electrons. The number of nitrogens with one attached hydrogen (secondary N) is 2. The van der Waals surface area contributed by atoms with Gasteiger partial charge in [-0.2, -0.15) is 0 Å². The molecular formula is C13H9ClN4O2. The second-order valence-corrected chi connectivity index (χ2v) is 4.59. The molecule has 0 saturated heterocycles. The fraction of sp³-hybridized carbons (Fsp3) is 0. The van der Waals surface area contributed by atoms with Crippen LogP contribution >= 0.6 is 11.6 Å². The van der Waals surface area contributed by atoms with E-state index in [0.29, 0.717) is 10.6 Å². The van der Waals surface area contributed by atoms with Crippen molar-refractivity contribution < 1.29 is 4.79 Å². The number of anilines is 1. The van der Waals surface area contributed by atoms with Gasteiger partial charge >= 0.3 is 0 Å². The van der Waals surface area contributed by atoms with E-state index >= 15 is 0 Å². The minimum atomic E-state index is -0.425. The normalized spacial score (nSPS) is 10.8. The molecule has 2 aromatic heterocycles. The molecule has 4 N–H and O–H groups in total. The van der Waals surface area contributed by atoms with Crippen LogP contribution in [0.25, 0.3) is 11.0 Å². The number of hydrogen-bond donors (Lipinski definition) is 3. The van der Waals surface area contributed by atoms with Gasteiger partial charge in [-0.3, -0.25) is 14.6 Å². The van der Waals surface area contributed by atoms with Crippen LogP contribution in [-0.2, 0) is 0 Å². The molecule has 2 heterocycles. The lowest BCUT2D eigenvalue weighted by Crippen LogP contribution is -2.12. The van der Waals surface area contributed by atoms with Gasteiger partial charge in [0, 0.05) is 11.8 Å². The molecule has 0 atom stereocenters. The highest BCUT2D eigenvalue weighted by atomic mass is 35.5. The van der Waals surface area contributed by atoms with E-state index in [1.807, 2.05) is 0 Å². The Hall–Kier alpha value is -2.60. The van der Waals surface area contributed by atoms with Crippen LogP contribution in [-0.4, -0.2) is 20.7 Å². The van der Waals surface area contributed by atoms with Crippen molar-refractivity contribution in [1.82, 2.24) is 15.0 Å². The Kier molecular flexibility index (Phi) is 2.80. The van der Waals surface area contributed by atoms with Gasteiger partial charge in [-0.05, 0) is 12.1 Å². The number of nitrogens with zero attached hydrogens (tertiary/aromatic N) is 1. The smallest absolute Gasteiger partial charge is 0.276 e. The number of nitrogen functional groups attached to an aromatic ring is 1. The van der Waals surface area contributed by atoms with Crippen molar-refractivity contribution in [3.05, 3.63) is 57.0 Å². The summed E-state index contributed by atoms with van der Waals surface area (Å²) in [4.78, 5) is 33.2. The number of benzene rings is 1. The number of rotatable bonds is 2. The molecule has 1 aromatic carbocycles. The highest BCUT2D eigenvalue weighted by Crippen LogP contribution is 2.22. The third kappa shape index (κ3) is 1.86. The van der Waals surface area contributed by atoms with E-state index in [9.17, 15) is 9.59 Å². The molecule has 0 aliphatic rings. The predicted octanol–water partition coefficient (Wildman–Crippen LogP) is 1.72. The van der Waals surface area contributed by atoms with Crippen LogP contribution in [0.5, 0.6) is 0 Å². The zero-order chi connectivity index (χ0) is 14.3. The molecule has 100 valence electrons. The second kappa shape index (κ2) is 4.50. The van der Waals surface area contributed by atoms with E-state index in [4.69, 9.17) is 17.3 Å². The molecule has 0 aliphatic heterocycles. The summed E-state index contributed by atoms with van der Waals surface area (Å²) in [5, 5.41) is 0.338. The number of carbonyl (C=O) groups is 1. The van der Waals surface area contributed by atoms with Crippen molar-refractivity contribution in [3.63, 3.8) is 0 Å². The maximum Gasteiger partial charge on any atom is 0.276 e. The van der Waals surface area contributed by atoms with Gasteiger partial charge in [0.25, 0.3) is 5.56 Å². The third-order valence-electron chi connectivity index (χ3n) is 2.92. The number of nitrogens with two attached hydrogens (primary N) is 1. The summed E-state index contributed by atoms with van der Waals surface area (Å²) in [5.41, 5.74) is 6.11. The van der Waals surface area contributed by atoms with Crippen LogP contribution in [0.1, 0.15) is 15.9 Å². The lowest BCUT2D eigenvalue weighted by molar-refractivity contribution is 0.104. The quantitative estimate of drug-likeness (QED) is 0.624. The number of aromatic nitrogens is 3. The molecular weight excluding hydrogens is 280 g/mol. The van der Waals surface area contributed by atoms with Crippen molar-refractivity contribution in [2.24, 2.45) is 0 Å². The average Bonchev–Trinajstić information content (AvgIpc) is 2.82. The Bertz CT molecular complexity index is 881. The van der Waals surface area contributed by atoms with Gasteiger partial charge in [0.05, 0.1) is 10.6 Å². The van der Waals surface area contributed by atoms with Gasteiger partial charge in [0.15, 0.2) is 5.78 Å². The average molecular weight is 289 g/mol. The summed E-state index contributed by atoms with van der Waals surface area (Å²) in [6.45, 7) is 0. The van der Waals surface area contributed by atoms with Gasteiger partial charge in [-0.1, -0.05) is 23.7 Å². The van der Waals surface area contributed by atoms with Crippen LogP contribution in [0.2, 0.25) is 5.02 Å². The van der Waals surface area contributed by atoms with Crippen molar-refractivity contribution in [2.75, 3.05) is 5.73 Å². The monoisotopic (exact) mass is 288 g/mol. The maximum atomic E-state index is 12.5. The van der Waals surface area contributed by atoms with Crippen molar-refractivity contribution in [1.29, 1.82) is 0 Å². The highest BCUT2D eigenvalue weighted by molar-refractivity contribution is 6.35. The Morgan fingerprint density at radius 2 is 2.00 bits per heavy atom. The first-order valence-electron chi connectivity index (χ1n) is 5.74. The Morgan fingerprint density at radius 1 is 1.25 bits per heavy atom. The number of halogens is 1. The first kappa shape index (κ1) is 12.4. The lowest BCUT2D eigenvalue weighted by Gasteiger charge is -2.01. The van der Waals surface area contributed by atoms with Gasteiger partial charge in [0.1, 0.15) is 11.0 Å². The van der Waals surface area contributed by atoms with Crippen molar-refractivity contribution in [2.45, 2.75) is 0 Å². The van der Waals surface area contributed by atoms with Gasteiger partial charge in [-0.25, -0.2) is 4.98 Å². The molecule has 0 bridgehead atoms. The van der Waals surface area contributed by atoms with Gasteiger partial charge in [-0.15, -0.1) is 0 Å². The molecule has 6 nitrogen and oxygen atoms in total. The van der Waals surface area contributed by atoms with Crippen LogP contribution in [0.3, 0.4) is 0 Å². The molecule has 0 fully saturated rings. The number of H-pyrrole nitrogens is 2. The number of hydrogen-bond acceptors (Lipinski definition) is 4. The summed E-state index contributed by atoms with van der Waals surface area (Å²) >= 11 is 6.01. The van der Waals surface area contributed by atoms with E-state index in [2.05, 4.69) is 15.0 Å². The van der Waals surface area contributed by atoms with Crippen molar-refractivity contribution >= 4 is 34.4 Å². The molecule has 3 rings (SSSR count). The van der Waals surface area contributed by atoms with E-state index in [-0.39, 0.29) is 28.3 Å². The first-order valence-corrected chi connectivity index (χ1v) is 6.12. The number of carbonyl (C=O) groups excluding carboxylic acids is 1. The van der Waals surface area contributed by atoms with Crippen LogP contribution < -0.4 is 11.3 Å². The van der Waals surface area contributed by atoms with Crippen LogP contribution in [0.15, 0.2) is 35.3 Å². The second-order valence-electron chi connectivity index (χ2n) is 4.19. The Morgan fingerprint density at radius 3 is 2.75 bits per heavy atom. The minimum absolute atomic E-state index is 0.0460. The van der Waals surface area contributed by atoms with Gasteiger partial charge < -0.3 is 10.7 Å². The summed E-state index contributed by atoms with van der Waals surface area (Å²) in [5.74, 6) is -0.366. The summed E-state index contributed by atoms with van der Waals surface area (Å²) < 4.78 is 0. The van der Waals surface area contributed by atoms with Crippen LogP contribution in [0, 0.1) is 0 Å². The predicted molar refractivity (Wildman–Crippen MR) is 76.0 cm³/mol. The number of aromatic amines is 2. The first-order chi connectivity index (χ1) is 9.58. The minimum Gasteiger partial charge on any atom is -0.369 e. The van der Waals surface area contributed by atoms with Crippen LogP contribution in [0.4, 0.5) is 5.95 Å². The third-order valence-corrected chi connectivity index (χ3v) is 3.25. The standard InChI is InChI=1S/C13H9ClN4O2/c14-8-4-2-1-3-6(8)11(19)7-5-16-10-9(7)17-13(15)18-12(10)20/h1-5,16H,(H3,15,17,18,20). The molecule has 0 saturated carbocycles. The summed E-state index contributed by atoms with van der Waals surface area (Å²) in [6.07, 6.45) is 1.43. The van der Waals surface area contributed by atoms with E-state index in [1.54, 1.807) is 24.3 Å². The fourth-order valence-corrected chi connectivity index (χ4v) is 2.22. The lowest BCUT2D eigenvalue weighted by atomic mass is 10.1. The molecule has 0 amide bonds. The van der Waals surface area contributed by atoms with E-state index in [0.717, 1.165) is 0 Å². The summed E-state index contributed by atoms with van der Waals surface area (Å²) in [6, 6.07) is 6.68. The molecule has 3 aromatic rings. The number of fused-ring (bicyclic) bond motifs is 1. The molecule has 0 aliphatic carbocycles. The van der Waals surface area contributed by atoms with E-state index in [1.165, 1.54) is 6.20 Å². The topological polar surface area (TPSA) is 105 Å². The van der Waals surface area contributed by atoms with Gasteiger partial charge in [0.2, 0.25) is 5.95 Å². The SMILES string of the molecule is Nc1nc2c(C(=O)c3ccccc3Cl)c[nH]c2c(=O)[nH]1. The molecule has 20 heavy (non-hydrogen) atoms. The largest absolute Gasteiger partial charge is 0.369 e. The summed E-state index contributed by atoms with van der Waals surface area (Å²) in [7, 11) is 0. The maximum absolute atomic E-state index is 12.5. The Labute approximate surface area is 117 Å². The Balaban J connectivity index is 2.23. The zero-order valence-electron chi connectivity index (χ0n) is 10.1. The molecule has 0 spiro atoms. The fourth-order valence-electron chi connectivity index (χ4n) is 2.00. The zero-order valence-corrected chi connectivity index (χ0v) is 10.9. The highest BCUT2D eigenvalue weighted by Gasteiger charge is 2.19. The van der Waals surface area contributed by atoms with Crippen molar-refractivity contribution in [3.8, 4) is 0 Å². The number of ketones is 1.